The lowest BCUT2D eigenvalue weighted by Gasteiger charge is -2.19. The summed E-state index contributed by atoms with van der Waals surface area (Å²) in [5.41, 5.74) is 0.601. The highest BCUT2D eigenvalue weighted by atomic mass is 35.5. The van der Waals surface area contributed by atoms with Gasteiger partial charge in [-0.25, -0.2) is 4.98 Å². The van der Waals surface area contributed by atoms with Crippen molar-refractivity contribution in [2.75, 3.05) is 33.5 Å². The van der Waals surface area contributed by atoms with Gasteiger partial charge in [0.15, 0.2) is 0 Å². The van der Waals surface area contributed by atoms with E-state index in [-0.39, 0.29) is 5.41 Å². The maximum atomic E-state index is 6.15. The molecule has 0 spiro atoms. The Morgan fingerprint density at radius 3 is 2.38 bits per heavy atom. The fourth-order valence-corrected chi connectivity index (χ4v) is 1.68. The van der Waals surface area contributed by atoms with Crippen LogP contribution in [0.2, 0.25) is 5.15 Å². The van der Waals surface area contributed by atoms with E-state index in [0.29, 0.717) is 43.3 Å². The molecule has 120 valence electrons. The Morgan fingerprint density at radius 2 is 1.76 bits per heavy atom. The molecule has 0 atom stereocenters. The second kappa shape index (κ2) is 8.51. The summed E-state index contributed by atoms with van der Waals surface area (Å²) in [4.78, 5) is 8.79. The van der Waals surface area contributed by atoms with Crippen molar-refractivity contribution in [1.29, 1.82) is 0 Å². The first-order valence-electron chi connectivity index (χ1n) is 7.10. The minimum Gasteiger partial charge on any atom is -0.477 e. The molecule has 6 heteroatoms. The van der Waals surface area contributed by atoms with Crippen molar-refractivity contribution in [3.63, 3.8) is 0 Å². The van der Waals surface area contributed by atoms with Gasteiger partial charge in [-0.05, 0) is 6.92 Å². The summed E-state index contributed by atoms with van der Waals surface area (Å²) in [6.45, 7) is 10.4. The van der Waals surface area contributed by atoms with E-state index in [1.807, 2.05) is 27.7 Å². The molecule has 0 aliphatic rings. The highest BCUT2D eigenvalue weighted by Gasteiger charge is 2.21. The Kier molecular flexibility index (Phi) is 7.35. The van der Waals surface area contributed by atoms with Gasteiger partial charge < -0.3 is 14.2 Å². The number of hydrogen-bond donors (Lipinski definition) is 0. The van der Waals surface area contributed by atoms with Crippen LogP contribution in [0.4, 0.5) is 0 Å². The van der Waals surface area contributed by atoms with Crippen LogP contribution in [0.25, 0.3) is 0 Å². The lowest BCUT2D eigenvalue weighted by atomic mass is 9.96. The third-order valence-electron chi connectivity index (χ3n) is 2.82. The average molecular weight is 317 g/mol. The van der Waals surface area contributed by atoms with Crippen LogP contribution in [0.5, 0.6) is 5.88 Å². The third kappa shape index (κ3) is 6.16. The number of hydrogen-bond acceptors (Lipinski definition) is 5. The Morgan fingerprint density at radius 1 is 1.05 bits per heavy atom. The topological polar surface area (TPSA) is 53.5 Å². The molecule has 1 rings (SSSR count). The van der Waals surface area contributed by atoms with Gasteiger partial charge >= 0.3 is 0 Å². The van der Waals surface area contributed by atoms with E-state index in [9.17, 15) is 0 Å². The van der Waals surface area contributed by atoms with Crippen LogP contribution in [-0.2, 0) is 14.9 Å². The summed E-state index contributed by atoms with van der Waals surface area (Å²) in [5, 5.41) is 0.446. The second-order valence-corrected chi connectivity index (χ2v) is 6.18. The average Bonchev–Trinajstić information content (AvgIpc) is 2.41. The Hall–Kier alpha value is -0.910. The number of halogens is 1. The van der Waals surface area contributed by atoms with Crippen molar-refractivity contribution >= 4 is 11.6 Å². The summed E-state index contributed by atoms with van der Waals surface area (Å²) in [5.74, 6) is 1.24. The minimum absolute atomic E-state index is 0.168. The number of nitrogens with zero attached hydrogens (tertiary/aromatic N) is 2. The Balaban J connectivity index is 2.53. The molecule has 0 aromatic carbocycles. The highest BCUT2D eigenvalue weighted by Crippen LogP contribution is 2.27. The van der Waals surface area contributed by atoms with E-state index in [2.05, 4.69) is 9.97 Å². The largest absolute Gasteiger partial charge is 0.477 e. The van der Waals surface area contributed by atoms with E-state index in [1.165, 1.54) is 0 Å². The predicted octanol–water partition coefficient (Wildman–Crippen LogP) is 3.17. The first kappa shape index (κ1) is 18.1. The van der Waals surface area contributed by atoms with E-state index in [1.54, 1.807) is 7.11 Å². The first-order chi connectivity index (χ1) is 9.86. The molecule has 1 aromatic heterocycles. The monoisotopic (exact) mass is 316 g/mol. The van der Waals surface area contributed by atoms with Gasteiger partial charge in [-0.15, -0.1) is 0 Å². The number of ether oxygens (including phenoxy) is 3. The molecule has 0 saturated heterocycles. The molecule has 0 fully saturated rings. The summed E-state index contributed by atoms with van der Waals surface area (Å²) in [6.07, 6.45) is 0.787. The van der Waals surface area contributed by atoms with Crippen molar-refractivity contribution in [2.24, 2.45) is 0 Å². The van der Waals surface area contributed by atoms with Crippen molar-refractivity contribution < 1.29 is 14.2 Å². The van der Waals surface area contributed by atoms with E-state index in [4.69, 9.17) is 25.8 Å². The Labute approximate surface area is 132 Å². The SMILES string of the molecule is COCCOCCCOc1nc(C(C)(C)C)nc(Cl)c1C. The van der Waals surface area contributed by atoms with Crippen LogP contribution < -0.4 is 4.74 Å². The molecule has 0 aliphatic heterocycles. The molecule has 21 heavy (non-hydrogen) atoms. The summed E-state index contributed by atoms with van der Waals surface area (Å²) in [6, 6.07) is 0. The van der Waals surface area contributed by atoms with Crippen molar-refractivity contribution in [1.82, 2.24) is 9.97 Å². The van der Waals surface area contributed by atoms with Gasteiger partial charge in [0.25, 0.3) is 0 Å². The molecule has 1 heterocycles. The molecule has 0 aliphatic carbocycles. The second-order valence-electron chi connectivity index (χ2n) is 5.83. The molecular formula is C15H25ClN2O3. The number of rotatable bonds is 8. The Bertz CT molecular complexity index is 447. The van der Waals surface area contributed by atoms with Crippen molar-refractivity contribution in [2.45, 2.75) is 39.5 Å². The van der Waals surface area contributed by atoms with Crippen LogP contribution in [0.1, 0.15) is 38.6 Å². The van der Waals surface area contributed by atoms with Crippen molar-refractivity contribution in [3.8, 4) is 5.88 Å². The first-order valence-corrected chi connectivity index (χ1v) is 7.48. The maximum Gasteiger partial charge on any atom is 0.221 e. The molecular weight excluding hydrogens is 292 g/mol. The lowest BCUT2D eigenvalue weighted by Crippen LogP contribution is -2.18. The number of aromatic nitrogens is 2. The minimum atomic E-state index is -0.168. The van der Waals surface area contributed by atoms with Crippen LogP contribution >= 0.6 is 11.6 Å². The fourth-order valence-electron chi connectivity index (χ4n) is 1.52. The van der Waals surface area contributed by atoms with Crippen LogP contribution in [0.15, 0.2) is 0 Å². The van der Waals surface area contributed by atoms with Crippen LogP contribution in [-0.4, -0.2) is 43.5 Å². The van der Waals surface area contributed by atoms with Gasteiger partial charge in [-0.2, -0.15) is 4.98 Å². The summed E-state index contributed by atoms with van der Waals surface area (Å²) >= 11 is 6.15. The molecule has 0 saturated carbocycles. The molecule has 1 aromatic rings. The van der Waals surface area contributed by atoms with Gasteiger partial charge in [-0.1, -0.05) is 32.4 Å². The number of methoxy groups -OCH3 is 1. The summed E-state index contributed by atoms with van der Waals surface area (Å²) in [7, 11) is 1.65. The van der Waals surface area contributed by atoms with Gasteiger partial charge in [0.05, 0.1) is 19.8 Å². The van der Waals surface area contributed by atoms with Crippen LogP contribution in [0.3, 0.4) is 0 Å². The fraction of sp³-hybridized carbons (Fsp3) is 0.733. The summed E-state index contributed by atoms with van der Waals surface area (Å²) < 4.78 is 16.0. The third-order valence-corrected chi connectivity index (χ3v) is 3.18. The van der Waals surface area contributed by atoms with E-state index >= 15 is 0 Å². The standard InChI is InChI=1S/C15H25ClN2O3/c1-11-12(16)17-14(15(2,3)4)18-13(11)21-8-6-7-20-10-9-19-5/h6-10H2,1-5H3. The quantitative estimate of drug-likeness (QED) is 0.544. The smallest absolute Gasteiger partial charge is 0.221 e. The van der Waals surface area contributed by atoms with Gasteiger partial charge in [0, 0.05) is 31.1 Å². The van der Waals surface area contributed by atoms with Gasteiger partial charge in [0.2, 0.25) is 5.88 Å². The van der Waals surface area contributed by atoms with Gasteiger partial charge in [0.1, 0.15) is 11.0 Å². The normalized spacial score (nSPS) is 11.7. The molecule has 0 unspecified atom stereocenters. The van der Waals surface area contributed by atoms with E-state index in [0.717, 1.165) is 12.0 Å². The molecule has 0 bridgehead atoms. The predicted molar refractivity (Wildman–Crippen MR) is 83.3 cm³/mol. The zero-order chi connectivity index (χ0) is 15.9. The zero-order valence-electron chi connectivity index (χ0n) is 13.5. The molecule has 0 amide bonds. The van der Waals surface area contributed by atoms with Crippen LogP contribution in [0, 0.1) is 6.92 Å². The molecule has 5 nitrogen and oxygen atoms in total. The van der Waals surface area contributed by atoms with Crippen molar-refractivity contribution in [3.05, 3.63) is 16.5 Å². The zero-order valence-corrected chi connectivity index (χ0v) is 14.3. The highest BCUT2D eigenvalue weighted by molar-refractivity contribution is 6.30. The van der Waals surface area contributed by atoms with E-state index < -0.39 is 0 Å². The molecule has 0 radical (unpaired) electrons. The van der Waals surface area contributed by atoms with Gasteiger partial charge in [-0.3, -0.25) is 0 Å². The lowest BCUT2D eigenvalue weighted by molar-refractivity contribution is 0.0641. The maximum absolute atomic E-state index is 6.15. The molecule has 0 N–H and O–H groups in total.